The maximum absolute atomic E-state index is 9.97. The van der Waals surface area contributed by atoms with Crippen molar-refractivity contribution >= 4 is 19.8 Å². The Morgan fingerprint density at radius 2 is 2.31 bits per heavy atom. The molecule has 0 aromatic heterocycles. The van der Waals surface area contributed by atoms with Crippen molar-refractivity contribution in [1.29, 1.82) is 0 Å². The van der Waals surface area contributed by atoms with Gasteiger partial charge in [0.1, 0.15) is 0 Å². The first-order valence-electron chi connectivity index (χ1n) is 4.71. The third-order valence-corrected chi connectivity index (χ3v) is 5.80. The summed E-state index contributed by atoms with van der Waals surface area (Å²) in [6.07, 6.45) is 2.95. The van der Waals surface area contributed by atoms with Crippen molar-refractivity contribution in [3.05, 3.63) is 12.2 Å². The molecule has 1 N–H and O–H groups in total. The summed E-state index contributed by atoms with van der Waals surface area (Å²) in [6, 6.07) is 0. The minimum atomic E-state index is -0.189. The zero-order valence-electron chi connectivity index (χ0n) is 8.42. The lowest BCUT2D eigenvalue weighted by molar-refractivity contribution is 0.0804. The van der Waals surface area contributed by atoms with Gasteiger partial charge in [-0.2, -0.15) is 0 Å². The molecule has 0 radical (unpaired) electrons. The van der Waals surface area contributed by atoms with Gasteiger partial charge in [0.2, 0.25) is 0 Å². The van der Waals surface area contributed by atoms with Crippen LogP contribution in [0.2, 0.25) is 0 Å². The minimum Gasteiger partial charge on any atom is -0.392 e. The van der Waals surface area contributed by atoms with Crippen LogP contribution in [-0.4, -0.2) is 16.0 Å². The van der Waals surface area contributed by atoms with E-state index in [4.69, 9.17) is 0 Å². The quantitative estimate of drug-likeness (QED) is 0.568. The van der Waals surface area contributed by atoms with E-state index in [-0.39, 0.29) is 10.9 Å². The molecule has 0 heterocycles. The van der Waals surface area contributed by atoms with E-state index in [1.54, 1.807) is 11.4 Å². The van der Waals surface area contributed by atoms with Crippen LogP contribution in [0.4, 0.5) is 0 Å². The Bertz CT molecular complexity index is 207. The van der Waals surface area contributed by atoms with Crippen molar-refractivity contribution in [1.82, 2.24) is 0 Å². The normalized spacial score (nSPS) is 40.3. The SMILES string of the molecule is C=C(C)[C@@H]1CC[C@](C)(SP)[C@@H](O)C1. The number of rotatable bonds is 2. The maximum Gasteiger partial charge on any atom is 0.0693 e. The second kappa shape index (κ2) is 4.33. The van der Waals surface area contributed by atoms with Crippen molar-refractivity contribution in [2.75, 3.05) is 0 Å². The van der Waals surface area contributed by atoms with Crippen LogP contribution in [0.5, 0.6) is 0 Å². The van der Waals surface area contributed by atoms with Gasteiger partial charge in [0.25, 0.3) is 0 Å². The van der Waals surface area contributed by atoms with Gasteiger partial charge in [-0.25, -0.2) is 0 Å². The number of allylic oxidation sites excluding steroid dienone is 1. The first-order valence-corrected chi connectivity index (χ1v) is 7.00. The molecule has 0 spiro atoms. The molecule has 13 heavy (non-hydrogen) atoms. The standard InChI is InChI=1S/C10H19OPS/c1-7(2)8-4-5-10(3,13-12)9(11)6-8/h8-9,11H,1,4-6,12H2,2-3H3/t8-,9+,10+/m1/s1. The van der Waals surface area contributed by atoms with E-state index in [9.17, 15) is 5.11 Å². The molecule has 4 atom stereocenters. The summed E-state index contributed by atoms with van der Waals surface area (Å²) in [6.45, 7) is 8.17. The van der Waals surface area contributed by atoms with Crippen LogP contribution in [0.25, 0.3) is 0 Å². The van der Waals surface area contributed by atoms with Crippen LogP contribution in [-0.2, 0) is 0 Å². The maximum atomic E-state index is 9.97. The Morgan fingerprint density at radius 1 is 1.69 bits per heavy atom. The van der Waals surface area contributed by atoms with Crippen molar-refractivity contribution in [2.45, 2.75) is 44.0 Å². The van der Waals surface area contributed by atoms with Gasteiger partial charge in [-0.3, -0.25) is 0 Å². The van der Waals surface area contributed by atoms with Crippen molar-refractivity contribution in [3.63, 3.8) is 0 Å². The zero-order valence-corrected chi connectivity index (χ0v) is 10.4. The van der Waals surface area contributed by atoms with Gasteiger partial charge in [-0.15, -0.1) is 11.4 Å². The van der Waals surface area contributed by atoms with Crippen molar-refractivity contribution in [3.8, 4) is 0 Å². The lowest BCUT2D eigenvalue weighted by Gasteiger charge is -2.40. The lowest BCUT2D eigenvalue weighted by Crippen LogP contribution is -2.41. The summed E-state index contributed by atoms with van der Waals surface area (Å²) in [4.78, 5) is 0. The molecule has 1 unspecified atom stereocenters. The summed E-state index contributed by atoms with van der Waals surface area (Å²) in [5, 5.41) is 9.97. The highest BCUT2D eigenvalue weighted by molar-refractivity contribution is 8.44. The van der Waals surface area contributed by atoms with Gasteiger partial charge in [0.15, 0.2) is 0 Å². The lowest BCUT2D eigenvalue weighted by atomic mass is 9.77. The highest BCUT2D eigenvalue weighted by atomic mass is 32.7. The third-order valence-electron chi connectivity index (χ3n) is 3.17. The molecule has 1 aliphatic carbocycles. The van der Waals surface area contributed by atoms with Crippen LogP contribution >= 0.6 is 19.8 Å². The molecule has 0 saturated heterocycles. The molecule has 1 rings (SSSR count). The predicted molar refractivity (Wildman–Crippen MR) is 63.9 cm³/mol. The fraction of sp³-hybridized carbons (Fsp3) is 0.800. The molecular formula is C10H19OPS. The van der Waals surface area contributed by atoms with Gasteiger partial charge < -0.3 is 5.11 Å². The Morgan fingerprint density at radius 3 is 2.69 bits per heavy atom. The van der Waals surface area contributed by atoms with Crippen LogP contribution in [0.1, 0.15) is 33.1 Å². The first-order chi connectivity index (χ1) is 5.99. The molecule has 1 nitrogen and oxygen atoms in total. The smallest absolute Gasteiger partial charge is 0.0693 e. The second-order valence-electron chi connectivity index (χ2n) is 4.26. The molecule has 1 saturated carbocycles. The van der Waals surface area contributed by atoms with E-state index in [1.165, 1.54) is 12.0 Å². The Kier molecular flexibility index (Phi) is 3.85. The summed E-state index contributed by atoms with van der Waals surface area (Å²) in [7, 11) is 2.67. The topological polar surface area (TPSA) is 20.2 Å². The molecule has 0 aromatic carbocycles. The molecule has 0 bridgehead atoms. The Hall–Kier alpha value is 0.480. The van der Waals surface area contributed by atoms with E-state index >= 15 is 0 Å². The summed E-state index contributed by atoms with van der Waals surface area (Å²) >= 11 is 1.71. The molecule has 1 aliphatic rings. The second-order valence-corrected chi connectivity index (χ2v) is 6.14. The van der Waals surface area contributed by atoms with Crippen LogP contribution in [0.3, 0.4) is 0 Å². The number of aliphatic hydroxyl groups excluding tert-OH is 1. The molecule has 0 amide bonds. The van der Waals surface area contributed by atoms with Crippen molar-refractivity contribution < 1.29 is 5.11 Å². The number of hydrogen-bond donors (Lipinski definition) is 1. The molecule has 3 heteroatoms. The van der Waals surface area contributed by atoms with Crippen LogP contribution < -0.4 is 0 Å². The van der Waals surface area contributed by atoms with Crippen molar-refractivity contribution in [2.24, 2.45) is 5.92 Å². The van der Waals surface area contributed by atoms with E-state index < -0.39 is 0 Å². The van der Waals surface area contributed by atoms with E-state index in [2.05, 4.69) is 28.9 Å². The first kappa shape index (κ1) is 11.6. The van der Waals surface area contributed by atoms with E-state index in [0.717, 1.165) is 12.8 Å². The van der Waals surface area contributed by atoms with Gasteiger partial charge >= 0.3 is 0 Å². The molecule has 0 aliphatic heterocycles. The van der Waals surface area contributed by atoms with Crippen LogP contribution in [0.15, 0.2) is 12.2 Å². The average Bonchev–Trinajstić information content (AvgIpc) is 2.09. The molecular weight excluding hydrogens is 199 g/mol. The van der Waals surface area contributed by atoms with Gasteiger partial charge in [-0.05, 0) is 39.0 Å². The fourth-order valence-electron chi connectivity index (χ4n) is 1.85. The Labute approximate surface area is 87.3 Å². The molecule has 0 aromatic rings. The molecule has 76 valence electrons. The highest BCUT2D eigenvalue weighted by Gasteiger charge is 2.38. The van der Waals surface area contributed by atoms with E-state index in [0.29, 0.717) is 5.92 Å². The van der Waals surface area contributed by atoms with Gasteiger partial charge in [0, 0.05) is 4.75 Å². The monoisotopic (exact) mass is 218 g/mol. The number of aliphatic hydroxyl groups is 1. The summed E-state index contributed by atoms with van der Waals surface area (Å²) in [5.41, 5.74) is 1.22. The fourth-order valence-corrected chi connectivity index (χ4v) is 3.16. The average molecular weight is 218 g/mol. The van der Waals surface area contributed by atoms with Gasteiger partial charge in [0.05, 0.1) is 6.10 Å². The predicted octanol–water partition coefficient (Wildman–Crippen LogP) is 3.01. The van der Waals surface area contributed by atoms with E-state index in [1.807, 2.05) is 0 Å². The Balaban J connectivity index is 2.61. The number of hydrogen-bond acceptors (Lipinski definition) is 2. The van der Waals surface area contributed by atoms with Gasteiger partial charge in [-0.1, -0.05) is 20.6 Å². The molecule has 1 fully saturated rings. The zero-order chi connectivity index (χ0) is 10.1. The van der Waals surface area contributed by atoms with Crippen LogP contribution in [0, 0.1) is 5.92 Å². The summed E-state index contributed by atoms with van der Waals surface area (Å²) in [5.74, 6) is 0.528. The highest BCUT2D eigenvalue weighted by Crippen LogP contribution is 2.45. The largest absolute Gasteiger partial charge is 0.392 e. The summed E-state index contributed by atoms with van der Waals surface area (Å²) < 4.78 is 0.0383. The third kappa shape index (κ3) is 2.49. The minimum absolute atomic E-state index is 0.0383.